The summed E-state index contributed by atoms with van der Waals surface area (Å²) in [6, 6.07) is 0. The Morgan fingerprint density at radius 2 is 2.08 bits per heavy atom. The van der Waals surface area contributed by atoms with Crippen LogP contribution in [0, 0.1) is 0 Å². The first-order chi connectivity index (χ1) is 11.4. The molecule has 1 aliphatic heterocycles. The highest BCUT2D eigenvalue weighted by molar-refractivity contribution is 7.13. The Bertz CT molecular complexity index is 668. The van der Waals surface area contributed by atoms with Crippen molar-refractivity contribution in [3.63, 3.8) is 0 Å². The van der Waals surface area contributed by atoms with Gasteiger partial charge in [0.2, 0.25) is 11.9 Å². The number of carbonyl (C=O) groups excluding carboxylic acids is 1. The molecule has 24 heavy (non-hydrogen) atoms. The van der Waals surface area contributed by atoms with Crippen LogP contribution in [0.5, 0.6) is 0 Å². The fourth-order valence-electron chi connectivity index (χ4n) is 2.51. The molecule has 1 amide bonds. The van der Waals surface area contributed by atoms with E-state index in [2.05, 4.69) is 56.1 Å². The van der Waals surface area contributed by atoms with E-state index in [9.17, 15) is 4.79 Å². The van der Waals surface area contributed by atoms with Gasteiger partial charge in [-0.2, -0.15) is 10.1 Å². The van der Waals surface area contributed by atoms with E-state index in [1.165, 1.54) is 17.7 Å². The molecule has 1 aliphatic rings. The molecule has 0 saturated carbocycles. The van der Waals surface area contributed by atoms with Gasteiger partial charge in [-0.25, -0.2) is 10.1 Å². The molecule has 9 heteroatoms. The first-order valence-electron chi connectivity index (χ1n) is 8.00. The predicted molar refractivity (Wildman–Crippen MR) is 94.5 cm³/mol. The molecule has 0 aliphatic carbocycles. The molecule has 3 heterocycles. The first-order valence-corrected chi connectivity index (χ1v) is 8.88. The van der Waals surface area contributed by atoms with Crippen LogP contribution in [-0.2, 0) is 10.2 Å². The minimum atomic E-state index is -0.0158. The highest BCUT2D eigenvalue weighted by atomic mass is 32.1. The Labute approximate surface area is 145 Å². The van der Waals surface area contributed by atoms with E-state index < -0.39 is 0 Å². The van der Waals surface area contributed by atoms with Gasteiger partial charge in [0.05, 0.1) is 12.2 Å². The molecule has 0 spiro atoms. The first kappa shape index (κ1) is 16.8. The molecule has 0 atom stereocenters. The largest absolute Gasteiger partial charge is 0.339 e. The number of H-pyrrole nitrogens is 1. The number of piperazine rings is 1. The lowest BCUT2D eigenvalue weighted by Gasteiger charge is -2.33. The molecule has 1 fully saturated rings. The molecule has 0 aromatic carbocycles. The molecule has 8 nitrogen and oxygen atoms in total. The Kier molecular flexibility index (Phi) is 4.81. The fourth-order valence-corrected chi connectivity index (χ4v) is 3.46. The summed E-state index contributed by atoms with van der Waals surface area (Å²) < 4.78 is 0. The van der Waals surface area contributed by atoms with Crippen LogP contribution in [0.2, 0.25) is 0 Å². The number of nitrogens with one attached hydrogen (secondary N) is 2. The topological polar surface area (TPSA) is 90.0 Å². The van der Waals surface area contributed by atoms with Crippen molar-refractivity contribution < 1.29 is 4.79 Å². The van der Waals surface area contributed by atoms with E-state index in [0.717, 1.165) is 37.8 Å². The Hall–Kier alpha value is -2.00. The van der Waals surface area contributed by atoms with Crippen LogP contribution < -0.4 is 10.2 Å². The van der Waals surface area contributed by atoms with Crippen molar-refractivity contribution in [3.05, 3.63) is 17.4 Å². The molecule has 2 aromatic heterocycles. The summed E-state index contributed by atoms with van der Waals surface area (Å²) in [7, 11) is 0. The van der Waals surface area contributed by atoms with Gasteiger partial charge in [0, 0.05) is 37.0 Å². The summed E-state index contributed by atoms with van der Waals surface area (Å²) in [5.74, 6) is 0.773. The van der Waals surface area contributed by atoms with Crippen LogP contribution in [0.1, 0.15) is 26.5 Å². The summed E-state index contributed by atoms with van der Waals surface area (Å²) in [6.07, 6.45) is 1.51. The van der Waals surface area contributed by atoms with Gasteiger partial charge in [-0.15, -0.1) is 11.3 Å². The number of aromatic nitrogens is 4. The highest BCUT2D eigenvalue weighted by Gasteiger charge is 2.22. The predicted octanol–water partition coefficient (Wildman–Crippen LogP) is 1.32. The molecule has 0 radical (unpaired) electrons. The Morgan fingerprint density at radius 3 is 2.67 bits per heavy atom. The van der Waals surface area contributed by atoms with Gasteiger partial charge < -0.3 is 10.2 Å². The maximum atomic E-state index is 12.2. The van der Waals surface area contributed by atoms with Gasteiger partial charge in [0.25, 0.3) is 0 Å². The van der Waals surface area contributed by atoms with E-state index in [1.54, 1.807) is 0 Å². The summed E-state index contributed by atoms with van der Waals surface area (Å²) in [4.78, 5) is 25.2. The van der Waals surface area contributed by atoms with Crippen molar-refractivity contribution in [3.8, 4) is 0 Å². The lowest BCUT2D eigenvalue weighted by atomic mass is 9.93. The lowest BCUT2D eigenvalue weighted by molar-refractivity contribution is -0.117. The van der Waals surface area contributed by atoms with Gasteiger partial charge in [-0.3, -0.25) is 9.69 Å². The number of carbonyl (C=O) groups is 1. The molecule has 0 unspecified atom stereocenters. The van der Waals surface area contributed by atoms with Gasteiger partial charge in [0.1, 0.15) is 6.33 Å². The van der Waals surface area contributed by atoms with Crippen molar-refractivity contribution >= 4 is 28.3 Å². The smallest absolute Gasteiger partial charge is 0.240 e. The monoisotopic (exact) mass is 349 g/mol. The molecular weight excluding hydrogens is 326 g/mol. The summed E-state index contributed by atoms with van der Waals surface area (Å²) in [6.45, 7) is 10.0. The van der Waals surface area contributed by atoms with Gasteiger partial charge in [-0.1, -0.05) is 20.8 Å². The molecule has 0 bridgehead atoms. The average Bonchev–Trinajstić information content (AvgIpc) is 3.18. The zero-order valence-corrected chi connectivity index (χ0v) is 15.1. The SMILES string of the molecule is CC(C)(C)c1csc(NC(=O)CN2CCN(c3ncn[nH]3)CC2)n1. The molecule has 3 rings (SSSR count). The third-order valence-corrected chi connectivity index (χ3v) is 4.72. The molecule has 130 valence electrons. The minimum Gasteiger partial charge on any atom is -0.339 e. The number of hydrogen-bond acceptors (Lipinski definition) is 7. The summed E-state index contributed by atoms with van der Waals surface area (Å²) >= 11 is 1.48. The molecule has 2 aromatic rings. The van der Waals surface area contributed by atoms with Gasteiger partial charge >= 0.3 is 0 Å². The van der Waals surface area contributed by atoms with Gasteiger partial charge in [-0.05, 0) is 0 Å². The van der Waals surface area contributed by atoms with Crippen molar-refractivity contribution in [2.24, 2.45) is 0 Å². The minimum absolute atomic E-state index is 0.00346. The van der Waals surface area contributed by atoms with E-state index in [0.29, 0.717) is 11.7 Å². The number of nitrogens with zero attached hydrogens (tertiary/aromatic N) is 5. The Balaban J connectivity index is 1.47. The molecule has 2 N–H and O–H groups in total. The summed E-state index contributed by atoms with van der Waals surface area (Å²) in [5.41, 5.74) is 1.000. The second kappa shape index (κ2) is 6.86. The maximum Gasteiger partial charge on any atom is 0.240 e. The number of rotatable bonds is 4. The van der Waals surface area contributed by atoms with Crippen LogP contribution >= 0.6 is 11.3 Å². The zero-order valence-electron chi connectivity index (χ0n) is 14.2. The lowest BCUT2D eigenvalue weighted by Crippen LogP contribution is -2.49. The van der Waals surface area contributed by atoms with Crippen molar-refractivity contribution in [1.82, 2.24) is 25.1 Å². The van der Waals surface area contributed by atoms with Gasteiger partial charge in [0.15, 0.2) is 5.13 Å². The number of anilines is 2. The van der Waals surface area contributed by atoms with Crippen LogP contribution in [0.15, 0.2) is 11.7 Å². The summed E-state index contributed by atoms with van der Waals surface area (Å²) in [5, 5.41) is 12.3. The quantitative estimate of drug-likeness (QED) is 0.865. The highest BCUT2D eigenvalue weighted by Crippen LogP contribution is 2.26. The number of aromatic amines is 1. The normalized spacial score (nSPS) is 16.4. The third kappa shape index (κ3) is 4.09. The van der Waals surface area contributed by atoms with E-state index in [4.69, 9.17) is 0 Å². The van der Waals surface area contributed by atoms with E-state index in [-0.39, 0.29) is 11.3 Å². The second-order valence-corrected chi connectivity index (χ2v) is 7.77. The molecule has 1 saturated heterocycles. The number of amides is 1. The maximum absolute atomic E-state index is 12.2. The molecular formula is C15H23N7OS. The fraction of sp³-hybridized carbons (Fsp3) is 0.600. The third-order valence-electron chi connectivity index (χ3n) is 3.96. The van der Waals surface area contributed by atoms with E-state index in [1.807, 2.05) is 5.38 Å². The number of hydrogen-bond donors (Lipinski definition) is 2. The standard InChI is InChI=1S/C15H23N7OS/c1-15(2,3)11-9-24-14(18-11)19-12(23)8-21-4-6-22(7-5-21)13-16-10-17-20-13/h9-10H,4-8H2,1-3H3,(H,16,17,20)(H,18,19,23). The van der Waals surface area contributed by atoms with Crippen molar-refractivity contribution in [2.75, 3.05) is 42.9 Å². The van der Waals surface area contributed by atoms with Crippen LogP contribution in [0.4, 0.5) is 11.1 Å². The van der Waals surface area contributed by atoms with Crippen molar-refractivity contribution in [2.45, 2.75) is 26.2 Å². The van der Waals surface area contributed by atoms with Crippen LogP contribution in [0.3, 0.4) is 0 Å². The van der Waals surface area contributed by atoms with Crippen molar-refractivity contribution in [1.29, 1.82) is 0 Å². The second-order valence-electron chi connectivity index (χ2n) is 6.91. The van der Waals surface area contributed by atoms with Crippen LogP contribution in [0.25, 0.3) is 0 Å². The number of thiazole rings is 1. The Morgan fingerprint density at radius 1 is 1.33 bits per heavy atom. The van der Waals surface area contributed by atoms with E-state index >= 15 is 0 Å². The average molecular weight is 349 g/mol. The van der Waals surface area contributed by atoms with Crippen LogP contribution in [-0.4, -0.2) is 63.7 Å². The zero-order chi connectivity index (χ0) is 17.2.